The number of anilines is 1. The van der Waals surface area contributed by atoms with Crippen molar-refractivity contribution < 1.29 is 27.8 Å². The molecule has 0 bridgehead atoms. The maximum absolute atomic E-state index is 13.9. The Morgan fingerprint density at radius 2 is 1.90 bits per heavy atom. The highest BCUT2D eigenvalue weighted by atomic mass is 32.2. The van der Waals surface area contributed by atoms with E-state index in [1.54, 1.807) is 29.8 Å². The molecule has 214 valence electrons. The number of hydrogen-bond donors (Lipinski definition) is 2. The van der Waals surface area contributed by atoms with Gasteiger partial charge in [0.2, 0.25) is 0 Å². The minimum Gasteiger partial charge on any atom is -0.393 e. The van der Waals surface area contributed by atoms with Gasteiger partial charge in [0.25, 0.3) is 10.0 Å². The smallest absolute Gasteiger partial charge is 0.284 e. The Morgan fingerprint density at radius 3 is 2.50 bits per heavy atom. The van der Waals surface area contributed by atoms with Crippen LogP contribution in [0.2, 0.25) is 0 Å². The highest BCUT2D eigenvalue weighted by Crippen LogP contribution is 2.42. The number of halogens is 1. The van der Waals surface area contributed by atoms with Crippen molar-refractivity contribution in [1.29, 1.82) is 0 Å². The highest BCUT2D eigenvalue weighted by Gasteiger charge is 2.35. The summed E-state index contributed by atoms with van der Waals surface area (Å²) in [6, 6.07) is 5.99. The molecule has 1 aliphatic rings. The maximum atomic E-state index is 13.9. The minimum absolute atomic E-state index is 0.0204. The van der Waals surface area contributed by atoms with Gasteiger partial charge in [-0.25, -0.2) is 18.7 Å². The molecule has 3 aromatic rings. The van der Waals surface area contributed by atoms with E-state index in [2.05, 4.69) is 4.98 Å². The fourth-order valence-corrected chi connectivity index (χ4v) is 6.45. The van der Waals surface area contributed by atoms with E-state index in [1.807, 2.05) is 13.8 Å². The normalized spacial score (nSPS) is 15.4. The SMILES string of the molecule is CC(=O)C[C@H](O)C[C@H](O)/C=C/c1c(C(C)C)nc2c(c1-c1ccc(F)cc1)CCCN2S(=O)(=O)c1cn(C)cn1. The van der Waals surface area contributed by atoms with Crippen molar-refractivity contribution in [1.82, 2.24) is 14.5 Å². The van der Waals surface area contributed by atoms with Crippen LogP contribution in [0, 0.1) is 5.82 Å². The number of ketones is 1. The second kappa shape index (κ2) is 12.0. The number of carbonyl (C=O) groups excluding carboxylic acids is 1. The van der Waals surface area contributed by atoms with Crippen molar-refractivity contribution in [3.8, 4) is 11.1 Å². The number of imidazole rings is 1. The average Bonchev–Trinajstić information content (AvgIpc) is 3.33. The number of hydrogen-bond acceptors (Lipinski definition) is 7. The number of benzene rings is 1. The summed E-state index contributed by atoms with van der Waals surface area (Å²) in [7, 11) is -2.30. The van der Waals surface area contributed by atoms with Gasteiger partial charge < -0.3 is 14.8 Å². The van der Waals surface area contributed by atoms with Crippen molar-refractivity contribution in [3.63, 3.8) is 0 Å². The zero-order chi connectivity index (χ0) is 29.2. The Morgan fingerprint density at radius 1 is 1.20 bits per heavy atom. The fraction of sp³-hybridized carbons (Fsp3) is 0.414. The Labute approximate surface area is 234 Å². The van der Waals surface area contributed by atoms with E-state index in [4.69, 9.17) is 4.98 Å². The first kappa shape index (κ1) is 29.6. The van der Waals surface area contributed by atoms with Gasteiger partial charge in [-0.15, -0.1) is 0 Å². The van der Waals surface area contributed by atoms with Crippen LogP contribution in [0.15, 0.2) is 47.9 Å². The van der Waals surface area contributed by atoms with Gasteiger partial charge in [0.1, 0.15) is 17.4 Å². The number of aliphatic hydroxyl groups is 2. The quantitative estimate of drug-likeness (QED) is 0.378. The zero-order valence-electron chi connectivity index (χ0n) is 23.1. The van der Waals surface area contributed by atoms with E-state index in [0.29, 0.717) is 46.6 Å². The van der Waals surface area contributed by atoms with Gasteiger partial charge >= 0.3 is 0 Å². The molecule has 1 aliphatic heterocycles. The maximum Gasteiger partial charge on any atom is 0.284 e. The number of Topliss-reactive ketones (excluding diaryl/α,β-unsaturated/α-hetero) is 1. The number of fused-ring (bicyclic) bond motifs is 1. The molecule has 40 heavy (non-hydrogen) atoms. The lowest BCUT2D eigenvalue weighted by Crippen LogP contribution is -2.37. The molecule has 0 spiro atoms. The van der Waals surface area contributed by atoms with E-state index >= 15 is 0 Å². The molecule has 0 radical (unpaired) electrons. The second-order valence-electron chi connectivity index (χ2n) is 10.5. The molecule has 2 N–H and O–H groups in total. The number of carbonyl (C=O) groups is 1. The van der Waals surface area contributed by atoms with Crippen LogP contribution in [-0.2, 0) is 28.3 Å². The third kappa shape index (κ3) is 6.32. The molecule has 2 aromatic heterocycles. The number of pyridine rings is 1. The van der Waals surface area contributed by atoms with E-state index < -0.39 is 28.0 Å². The average molecular weight is 571 g/mol. The predicted molar refractivity (Wildman–Crippen MR) is 151 cm³/mol. The molecule has 0 fully saturated rings. The Kier molecular flexibility index (Phi) is 8.86. The van der Waals surface area contributed by atoms with Gasteiger partial charge in [-0.3, -0.25) is 4.79 Å². The lowest BCUT2D eigenvalue weighted by molar-refractivity contribution is -0.119. The summed E-state index contributed by atoms with van der Waals surface area (Å²) < 4.78 is 44.2. The summed E-state index contributed by atoms with van der Waals surface area (Å²) >= 11 is 0. The van der Waals surface area contributed by atoms with Crippen molar-refractivity contribution in [2.45, 2.75) is 69.6 Å². The van der Waals surface area contributed by atoms with Crippen LogP contribution in [0.5, 0.6) is 0 Å². The van der Waals surface area contributed by atoms with E-state index in [1.165, 1.54) is 42.0 Å². The second-order valence-corrected chi connectivity index (χ2v) is 12.3. The molecule has 0 unspecified atom stereocenters. The third-order valence-corrected chi connectivity index (χ3v) is 8.48. The summed E-state index contributed by atoms with van der Waals surface area (Å²) in [5.41, 5.74) is 3.38. The Balaban J connectivity index is 1.89. The molecule has 0 aliphatic carbocycles. The van der Waals surface area contributed by atoms with Gasteiger partial charge in [-0.1, -0.05) is 38.1 Å². The van der Waals surface area contributed by atoms with Crippen molar-refractivity contribution in [2.75, 3.05) is 10.8 Å². The summed E-state index contributed by atoms with van der Waals surface area (Å²) in [6.45, 7) is 5.49. The summed E-state index contributed by atoms with van der Waals surface area (Å²) in [4.78, 5) is 20.3. The lowest BCUT2D eigenvalue weighted by Gasteiger charge is -2.32. The number of aliphatic hydroxyl groups excluding tert-OH is 2. The monoisotopic (exact) mass is 570 g/mol. The molecule has 1 aromatic carbocycles. The number of aromatic nitrogens is 3. The molecule has 0 amide bonds. The third-order valence-electron chi connectivity index (χ3n) is 6.80. The van der Waals surface area contributed by atoms with Crippen LogP contribution in [0.25, 0.3) is 17.2 Å². The summed E-state index contributed by atoms with van der Waals surface area (Å²) in [5.74, 6) is -0.393. The van der Waals surface area contributed by atoms with E-state index in [9.17, 15) is 27.8 Å². The molecule has 0 saturated carbocycles. The van der Waals surface area contributed by atoms with Crippen molar-refractivity contribution in [2.24, 2.45) is 7.05 Å². The van der Waals surface area contributed by atoms with Gasteiger partial charge in [0, 0.05) is 43.8 Å². The zero-order valence-corrected chi connectivity index (χ0v) is 23.9. The van der Waals surface area contributed by atoms with Crippen LogP contribution in [0.4, 0.5) is 10.2 Å². The van der Waals surface area contributed by atoms with Gasteiger partial charge in [-0.05, 0) is 48.9 Å². The molecule has 4 rings (SSSR count). The molecule has 0 saturated heterocycles. The topological polar surface area (TPSA) is 126 Å². The molecule has 9 nitrogen and oxygen atoms in total. The number of nitrogens with zero attached hydrogens (tertiary/aromatic N) is 4. The van der Waals surface area contributed by atoms with Crippen LogP contribution in [0.1, 0.15) is 62.8 Å². The van der Waals surface area contributed by atoms with Crippen molar-refractivity contribution in [3.05, 3.63) is 65.5 Å². The first-order valence-corrected chi connectivity index (χ1v) is 14.7. The summed E-state index contributed by atoms with van der Waals surface area (Å²) in [5, 5.41) is 20.7. The fourth-order valence-electron chi connectivity index (χ4n) is 5.00. The molecule has 11 heteroatoms. The number of sulfonamides is 1. The van der Waals surface area contributed by atoms with Gasteiger partial charge in [-0.2, -0.15) is 8.42 Å². The number of aryl methyl sites for hydroxylation is 1. The molecule has 2 atom stereocenters. The first-order chi connectivity index (χ1) is 18.9. The molecular weight excluding hydrogens is 535 g/mol. The minimum atomic E-state index is -4.00. The Hall–Kier alpha value is -3.41. The largest absolute Gasteiger partial charge is 0.393 e. The summed E-state index contributed by atoms with van der Waals surface area (Å²) in [6.07, 6.45) is 5.14. The predicted octanol–water partition coefficient (Wildman–Crippen LogP) is 3.99. The van der Waals surface area contributed by atoms with E-state index in [0.717, 1.165) is 0 Å². The highest BCUT2D eigenvalue weighted by molar-refractivity contribution is 7.92. The Bertz CT molecular complexity index is 1520. The van der Waals surface area contributed by atoms with Crippen LogP contribution in [-0.4, -0.2) is 57.7 Å². The van der Waals surface area contributed by atoms with Crippen molar-refractivity contribution >= 4 is 27.7 Å². The van der Waals surface area contributed by atoms with Gasteiger partial charge in [0.15, 0.2) is 5.03 Å². The standard InChI is InChI=1S/C29H35FN4O5S/c1-18(2)28-24(12-11-22(36)15-23(37)14-19(3)35)27(20-7-9-21(30)10-8-20)25-6-5-13-34(29(25)32-28)40(38,39)26-16-33(4)17-31-26/h7-12,16-18,22-23,36-37H,5-6,13-15H2,1-4H3/b12-11+/t22-,23+/m1/s1. The van der Waals surface area contributed by atoms with Crippen LogP contribution >= 0.6 is 0 Å². The van der Waals surface area contributed by atoms with Crippen LogP contribution in [0.3, 0.4) is 0 Å². The molecule has 3 heterocycles. The molecular formula is C29H35FN4O5S. The lowest BCUT2D eigenvalue weighted by atomic mass is 9.87. The van der Waals surface area contributed by atoms with Crippen LogP contribution < -0.4 is 4.31 Å². The van der Waals surface area contributed by atoms with Gasteiger partial charge in [0.05, 0.1) is 24.2 Å². The number of rotatable bonds is 10. The van der Waals surface area contributed by atoms with E-state index in [-0.39, 0.29) is 36.1 Å². The first-order valence-electron chi connectivity index (χ1n) is 13.3.